The molecule has 4 aromatic rings. The molecular weight excluding hydrogens is 586 g/mol. The second-order valence-electron chi connectivity index (χ2n) is 10.8. The Balaban J connectivity index is 1.46. The number of alkyl halides is 2. The van der Waals surface area contributed by atoms with E-state index in [2.05, 4.69) is 39.0 Å². The second-order valence-corrected chi connectivity index (χ2v) is 10.8. The van der Waals surface area contributed by atoms with Crippen molar-refractivity contribution < 1.29 is 27.4 Å². The van der Waals surface area contributed by atoms with Gasteiger partial charge in [-0.25, -0.2) is 8.78 Å². The monoisotopic (exact) mass is 619 g/mol. The molecule has 7 nitrogen and oxygen atoms in total. The predicted octanol–water partition coefficient (Wildman–Crippen LogP) is 5.21. The van der Waals surface area contributed by atoms with Gasteiger partial charge in [0.2, 0.25) is 0 Å². The highest BCUT2D eigenvalue weighted by atomic mass is 19.3. The van der Waals surface area contributed by atoms with Crippen molar-refractivity contribution in [3.05, 3.63) is 130 Å². The van der Waals surface area contributed by atoms with E-state index in [1.165, 1.54) is 18.7 Å². The highest BCUT2D eigenvalue weighted by Crippen LogP contribution is 2.46. The first-order chi connectivity index (χ1) is 21.4. The number of aromatic nitrogens is 1. The molecule has 0 amide bonds. The van der Waals surface area contributed by atoms with Crippen LogP contribution < -0.4 is 10.6 Å². The zero-order valence-corrected chi connectivity index (χ0v) is 25.0. The number of halogens is 4. The summed E-state index contributed by atoms with van der Waals surface area (Å²) in [6.07, 6.45) is 2.11. The van der Waals surface area contributed by atoms with Crippen LogP contribution in [0.5, 0.6) is 5.75 Å². The SMILES string of the molecule is CN(C)Cc1ccc(COc2ccc(C#Cc3ccc(C(F)(F)C(O)(CN(C)/C=N\N)c4ccc(F)cc4F)nc3)cc2)cc1. The molecule has 4 rings (SSSR count). The molecule has 0 saturated carbocycles. The quantitative estimate of drug-likeness (QED) is 0.0599. The summed E-state index contributed by atoms with van der Waals surface area (Å²) in [5.74, 6) is 5.13. The molecule has 1 unspecified atom stereocenters. The first kappa shape index (κ1) is 33.0. The minimum atomic E-state index is -4.13. The molecule has 0 spiro atoms. The van der Waals surface area contributed by atoms with Crippen LogP contribution in [0.2, 0.25) is 0 Å². The van der Waals surface area contributed by atoms with Gasteiger partial charge in [-0.3, -0.25) is 4.98 Å². The van der Waals surface area contributed by atoms with Crippen LogP contribution in [0.1, 0.15) is 33.5 Å². The second kappa shape index (κ2) is 14.2. The van der Waals surface area contributed by atoms with Crippen LogP contribution in [-0.4, -0.2) is 53.9 Å². The number of hydrazone groups is 1. The lowest BCUT2D eigenvalue weighted by Gasteiger charge is -2.38. The van der Waals surface area contributed by atoms with Crippen molar-refractivity contribution in [3.8, 4) is 17.6 Å². The van der Waals surface area contributed by atoms with Crippen molar-refractivity contribution in [1.29, 1.82) is 0 Å². The first-order valence-electron chi connectivity index (χ1n) is 13.8. The van der Waals surface area contributed by atoms with E-state index < -0.39 is 41.0 Å². The zero-order chi connectivity index (χ0) is 32.6. The van der Waals surface area contributed by atoms with Crippen molar-refractivity contribution in [1.82, 2.24) is 14.8 Å². The molecule has 45 heavy (non-hydrogen) atoms. The summed E-state index contributed by atoms with van der Waals surface area (Å²) in [6.45, 7) is 0.437. The fourth-order valence-corrected chi connectivity index (χ4v) is 4.61. The molecule has 0 saturated heterocycles. The molecule has 0 aliphatic heterocycles. The normalized spacial score (nSPS) is 12.9. The summed E-state index contributed by atoms with van der Waals surface area (Å²) in [5.41, 5.74) is -1.57. The van der Waals surface area contributed by atoms with Gasteiger partial charge in [0.25, 0.3) is 0 Å². The first-order valence-corrected chi connectivity index (χ1v) is 13.8. The molecule has 11 heteroatoms. The van der Waals surface area contributed by atoms with Crippen LogP contribution >= 0.6 is 0 Å². The number of ether oxygens (including phenoxy) is 1. The molecule has 234 valence electrons. The lowest BCUT2D eigenvalue weighted by Crippen LogP contribution is -2.51. The maximum Gasteiger partial charge on any atom is 0.323 e. The van der Waals surface area contributed by atoms with Crippen molar-refractivity contribution in [2.45, 2.75) is 24.7 Å². The molecule has 0 aliphatic carbocycles. The lowest BCUT2D eigenvalue weighted by molar-refractivity contribution is -0.202. The van der Waals surface area contributed by atoms with E-state index in [0.29, 0.717) is 29.5 Å². The summed E-state index contributed by atoms with van der Waals surface area (Å²) < 4.78 is 65.9. The lowest BCUT2D eigenvalue weighted by atomic mass is 9.84. The summed E-state index contributed by atoms with van der Waals surface area (Å²) >= 11 is 0. The van der Waals surface area contributed by atoms with Gasteiger partial charge in [-0.1, -0.05) is 36.1 Å². The molecule has 0 fully saturated rings. The van der Waals surface area contributed by atoms with Crippen LogP contribution in [0.25, 0.3) is 0 Å². The Bertz CT molecular complexity index is 1670. The van der Waals surface area contributed by atoms with E-state index in [-0.39, 0.29) is 0 Å². The minimum absolute atomic E-state index is 0.330. The van der Waals surface area contributed by atoms with E-state index in [0.717, 1.165) is 47.7 Å². The number of likely N-dealkylation sites (N-methyl/N-ethyl adjacent to an activating group) is 1. The number of hydrogen-bond donors (Lipinski definition) is 2. The minimum Gasteiger partial charge on any atom is -0.489 e. The molecule has 1 atom stereocenters. The molecule has 1 aromatic heterocycles. The maximum atomic E-state index is 15.9. The Morgan fingerprint density at radius 2 is 1.56 bits per heavy atom. The molecule has 0 radical (unpaired) electrons. The number of benzene rings is 3. The van der Waals surface area contributed by atoms with Gasteiger partial charge in [-0.15, -0.1) is 0 Å². The van der Waals surface area contributed by atoms with Crippen molar-refractivity contribution >= 4 is 6.34 Å². The maximum absolute atomic E-state index is 15.9. The van der Waals surface area contributed by atoms with Gasteiger partial charge in [0.05, 0.1) is 6.54 Å². The Morgan fingerprint density at radius 1 is 0.911 bits per heavy atom. The Labute approximate surface area is 259 Å². The van der Waals surface area contributed by atoms with Gasteiger partial charge in [-0.05, 0) is 73.8 Å². The molecule has 1 heterocycles. The average molecular weight is 620 g/mol. The summed E-state index contributed by atoms with van der Waals surface area (Å²) in [5, 5.41) is 14.5. The van der Waals surface area contributed by atoms with Crippen LogP contribution in [0.3, 0.4) is 0 Å². The number of aliphatic hydroxyl groups is 1. The Morgan fingerprint density at radius 3 is 2.16 bits per heavy atom. The predicted molar refractivity (Wildman–Crippen MR) is 164 cm³/mol. The van der Waals surface area contributed by atoms with Crippen LogP contribution in [0, 0.1) is 23.5 Å². The highest BCUT2D eigenvalue weighted by Gasteiger charge is 2.57. The van der Waals surface area contributed by atoms with Gasteiger partial charge in [0.15, 0.2) is 5.60 Å². The molecular formula is C34H33F4N5O2. The third kappa shape index (κ3) is 8.17. The summed E-state index contributed by atoms with van der Waals surface area (Å²) in [7, 11) is 5.35. The van der Waals surface area contributed by atoms with E-state index in [4.69, 9.17) is 10.6 Å². The highest BCUT2D eigenvalue weighted by molar-refractivity contribution is 5.54. The van der Waals surface area contributed by atoms with Crippen LogP contribution in [0.15, 0.2) is 90.2 Å². The van der Waals surface area contributed by atoms with Crippen molar-refractivity contribution in [2.24, 2.45) is 10.9 Å². The van der Waals surface area contributed by atoms with Gasteiger partial charge in [-0.2, -0.15) is 13.9 Å². The third-order valence-electron chi connectivity index (χ3n) is 6.86. The van der Waals surface area contributed by atoms with Crippen LogP contribution in [0.4, 0.5) is 17.6 Å². The van der Waals surface area contributed by atoms with E-state index in [9.17, 15) is 13.9 Å². The number of hydrogen-bond acceptors (Lipinski definition) is 6. The fourth-order valence-electron chi connectivity index (χ4n) is 4.61. The topological polar surface area (TPSA) is 87.2 Å². The van der Waals surface area contributed by atoms with E-state index >= 15 is 8.78 Å². The van der Waals surface area contributed by atoms with Crippen LogP contribution in [-0.2, 0) is 24.7 Å². The zero-order valence-electron chi connectivity index (χ0n) is 25.0. The van der Waals surface area contributed by atoms with Gasteiger partial charge in [0, 0.05) is 42.5 Å². The molecule has 0 bridgehead atoms. The molecule has 0 aliphatic rings. The fraction of sp³-hybridized carbons (Fsp3) is 0.235. The third-order valence-corrected chi connectivity index (χ3v) is 6.86. The number of pyridine rings is 1. The van der Waals surface area contributed by atoms with Crippen molar-refractivity contribution in [3.63, 3.8) is 0 Å². The van der Waals surface area contributed by atoms with E-state index in [1.807, 2.05) is 26.2 Å². The number of nitrogens with two attached hydrogens (primary N) is 1. The standard InChI is InChI=1S/C34H33F4N5O2/c1-42(2)20-26-6-8-27(9-7-26)21-45-29-14-10-24(11-15-29)4-5-25-12-17-32(40-19-25)34(37,38)33(44,22-43(3)23-41-39)30-16-13-28(35)18-31(30)36/h6-19,23,44H,20-22,39H2,1-3H3/b41-23-. The molecule has 3 N–H and O–H groups in total. The van der Waals surface area contributed by atoms with E-state index in [1.54, 1.807) is 24.3 Å². The Hall–Kier alpha value is -4.92. The van der Waals surface area contributed by atoms with Gasteiger partial charge in [0.1, 0.15) is 36.0 Å². The Kier molecular flexibility index (Phi) is 10.4. The summed E-state index contributed by atoms with van der Waals surface area (Å²) in [6, 6.07) is 19.6. The number of nitrogens with zero attached hydrogens (tertiary/aromatic N) is 4. The molecule has 3 aromatic carbocycles. The largest absolute Gasteiger partial charge is 0.489 e. The van der Waals surface area contributed by atoms with Crippen molar-refractivity contribution in [2.75, 3.05) is 27.7 Å². The summed E-state index contributed by atoms with van der Waals surface area (Å²) in [4.78, 5) is 6.99. The average Bonchev–Trinajstić information content (AvgIpc) is 3.00. The van der Waals surface area contributed by atoms with Gasteiger partial charge < -0.3 is 25.5 Å². The van der Waals surface area contributed by atoms with Gasteiger partial charge >= 0.3 is 5.92 Å². The smallest absolute Gasteiger partial charge is 0.323 e. The number of rotatable bonds is 11.